The van der Waals surface area contributed by atoms with Crippen molar-refractivity contribution in [3.8, 4) is 22.9 Å². The molecule has 4 heterocycles. The molecular weight excluding hydrogens is 486 g/mol. The molecule has 0 saturated carbocycles. The SMILES string of the molecule is COc1ccc(-n2nnc3c(N4CCN(C(=O)COc5cccc6c5OC(C)(C)C6)CC4)ncnc32)cc1. The number of methoxy groups -OCH3 is 1. The third kappa shape index (κ3) is 4.44. The van der Waals surface area contributed by atoms with Crippen LogP contribution in [0.3, 0.4) is 0 Å². The van der Waals surface area contributed by atoms with Crippen molar-refractivity contribution in [2.24, 2.45) is 0 Å². The lowest BCUT2D eigenvalue weighted by Crippen LogP contribution is -2.50. The second kappa shape index (κ2) is 9.47. The zero-order valence-electron chi connectivity index (χ0n) is 21.6. The summed E-state index contributed by atoms with van der Waals surface area (Å²) in [5.41, 5.74) is 2.90. The predicted octanol–water partition coefficient (Wildman–Crippen LogP) is 2.66. The van der Waals surface area contributed by atoms with E-state index in [4.69, 9.17) is 14.2 Å². The van der Waals surface area contributed by atoms with Gasteiger partial charge in [0.05, 0.1) is 12.8 Å². The number of aromatic nitrogens is 5. The van der Waals surface area contributed by atoms with Gasteiger partial charge in [-0.25, -0.2) is 9.97 Å². The summed E-state index contributed by atoms with van der Waals surface area (Å²) in [6.45, 7) is 6.40. The van der Waals surface area contributed by atoms with Gasteiger partial charge in [0.2, 0.25) is 0 Å². The minimum atomic E-state index is -0.269. The highest BCUT2D eigenvalue weighted by Crippen LogP contribution is 2.41. The van der Waals surface area contributed by atoms with E-state index in [1.54, 1.807) is 11.8 Å². The number of fused-ring (bicyclic) bond motifs is 2. The Morgan fingerprint density at radius 1 is 1.05 bits per heavy atom. The first kappa shape index (κ1) is 24.0. The number of hydrogen-bond donors (Lipinski definition) is 0. The first-order valence-corrected chi connectivity index (χ1v) is 12.6. The third-order valence-electron chi connectivity index (χ3n) is 6.87. The fraction of sp³-hybridized carbons (Fsp3) is 0.370. The topological polar surface area (TPSA) is 108 Å². The molecule has 0 bridgehead atoms. The maximum Gasteiger partial charge on any atom is 0.260 e. The number of ether oxygens (including phenoxy) is 3. The van der Waals surface area contributed by atoms with Gasteiger partial charge in [-0.15, -0.1) is 5.10 Å². The Kier molecular flexibility index (Phi) is 5.97. The number of piperazine rings is 1. The Morgan fingerprint density at radius 3 is 2.61 bits per heavy atom. The van der Waals surface area contributed by atoms with E-state index in [0.717, 1.165) is 29.2 Å². The molecule has 0 atom stereocenters. The van der Waals surface area contributed by atoms with Gasteiger partial charge in [-0.05, 0) is 44.2 Å². The Bertz CT molecular complexity index is 1480. The molecule has 11 nitrogen and oxygen atoms in total. The van der Waals surface area contributed by atoms with Crippen LogP contribution in [0.25, 0.3) is 16.9 Å². The fourth-order valence-electron chi connectivity index (χ4n) is 4.96. The predicted molar refractivity (Wildman–Crippen MR) is 140 cm³/mol. The van der Waals surface area contributed by atoms with Crippen LogP contribution in [0.1, 0.15) is 19.4 Å². The third-order valence-corrected chi connectivity index (χ3v) is 6.87. The number of benzene rings is 2. The van der Waals surface area contributed by atoms with Gasteiger partial charge in [0.25, 0.3) is 5.91 Å². The maximum absolute atomic E-state index is 12.9. The number of hydrogen-bond acceptors (Lipinski definition) is 9. The van der Waals surface area contributed by atoms with Crippen molar-refractivity contribution >= 4 is 22.9 Å². The molecule has 2 aliphatic rings. The van der Waals surface area contributed by atoms with E-state index >= 15 is 0 Å². The molecule has 1 saturated heterocycles. The quantitative estimate of drug-likeness (QED) is 0.383. The summed E-state index contributed by atoms with van der Waals surface area (Å²) in [6, 6.07) is 13.4. The average molecular weight is 516 g/mol. The smallest absolute Gasteiger partial charge is 0.260 e. The van der Waals surface area contributed by atoms with Crippen LogP contribution in [0.15, 0.2) is 48.8 Å². The van der Waals surface area contributed by atoms with Gasteiger partial charge < -0.3 is 24.0 Å². The average Bonchev–Trinajstić information content (AvgIpc) is 3.51. The molecule has 0 N–H and O–H groups in total. The van der Waals surface area contributed by atoms with E-state index in [1.807, 2.05) is 61.2 Å². The second-order valence-electron chi connectivity index (χ2n) is 10.0. The molecule has 4 aromatic rings. The van der Waals surface area contributed by atoms with Crippen LogP contribution in [0.4, 0.5) is 5.82 Å². The van der Waals surface area contributed by atoms with Crippen molar-refractivity contribution in [2.75, 3.05) is 44.8 Å². The summed E-state index contributed by atoms with van der Waals surface area (Å²) in [6.07, 6.45) is 2.34. The van der Waals surface area contributed by atoms with Gasteiger partial charge in [0, 0.05) is 38.2 Å². The van der Waals surface area contributed by atoms with E-state index in [0.29, 0.717) is 48.9 Å². The summed E-state index contributed by atoms with van der Waals surface area (Å²) in [4.78, 5) is 25.8. The van der Waals surface area contributed by atoms with E-state index in [-0.39, 0.29) is 18.1 Å². The normalized spacial score (nSPS) is 16.3. The summed E-state index contributed by atoms with van der Waals surface area (Å²) in [7, 11) is 1.63. The number of anilines is 1. The van der Waals surface area contributed by atoms with Crippen LogP contribution in [0.5, 0.6) is 17.2 Å². The Hall–Kier alpha value is -4.41. The summed E-state index contributed by atoms with van der Waals surface area (Å²) in [5, 5.41) is 8.68. The summed E-state index contributed by atoms with van der Waals surface area (Å²) in [5.74, 6) is 2.76. The maximum atomic E-state index is 12.9. The highest BCUT2D eigenvalue weighted by molar-refractivity contribution is 5.84. The van der Waals surface area contributed by atoms with Crippen LogP contribution in [0.2, 0.25) is 0 Å². The molecule has 2 aromatic heterocycles. The van der Waals surface area contributed by atoms with Gasteiger partial charge in [0.15, 0.2) is 35.1 Å². The van der Waals surface area contributed by atoms with Crippen molar-refractivity contribution in [3.05, 3.63) is 54.4 Å². The zero-order valence-corrected chi connectivity index (χ0v) is 21.6. The van der Waals surface area contributed by atoms with Crippen molar-refractivity contribution in [1.82, 2.24) is 29.9 Å². The van der Waals surface area contributed by atoms with Crippen molar-refractivity contribution < 1.29 is 19.0 Å². The summed E-state index contributed by atoms with van der Waals surface area (Å²) < 4.78 is 18.9. The molecular formula is C27H29N7O4. The standard InChI is InChI=1S/C27H29N7O4/c1-27(2)15-18-5-4-6-21(24(18)38-27)37-16-22(35)32-11-13-33(14-12-32)25-23-26(29-17-28-25)34(31-30-23)19-7-9-20(36-3)10-8-19/h4-10,17H,11-16H2,1-3H3. The number of para-hydroxylation sites is 1. The fourth-order valence-corrected chi connectivity index (χ4v) is 4.96. The largest absolute Gasteiger partial charge is 0.497 e. The summed E-state index contributed by atoms with van der Waals surface area (Å²) >= 11 is 0. The lowest BCUT2D eigenvalue weighted by Gasteiger charge is -2.35. The molecule has 1 fully saturated rings. The molecule has 2 aliphatic heterocycles. The molecule has 1 amide bonds. The molecule has 0 unspecified atom stereocenters. The van der Waals surface area contributed by atoms with Gasteiger partial charge in [0.1, 0.15) is 17.7 Å². The molecule has 0 aliphatic carbocycles. The molecule has 196 valence electrons. The number of carbonyl (C=O) groups is 1. The molecule has 6 rings (SSSR count). The second-order valence-corrected chi connectivity index (χ2v) is 10.0. The highest BCUT2D eigenvalue weighted by Gasteiger charge is 2.33. The lowest BCUT2D eigenvalue weighted by atomic mass is 10.0. The van der Waals surface area contributed by atoms with Crippen molar-refractivity contribution in [2.45, 2.75) is 25.9 Å². The molecule has 0 radical (unpaired) electrons. The highest BCUT2D eigenvalue weighted by atomic mass is 16.5. The molecule has 11 heteroatoms. The number of carbonyl (C=O) groups excluding carboxylic acids is 1. The van der Waals surface area contributed by atoms with Crippen LogP contribution < -0.4 is 19.1 Å². The van der Waals surface area contributed by atoms with Gasteiger partial charge in [-0.3, -0.25) is 4.79 Å². The number of nitrogens with zero attached hydrogens (tertiary/aromatic N) is 7. The van der Waals surface area contributed by atoms with E-state index in [1.165, 1.54) is 6.33 Å². The van der Waals surface area contributed by atoms with Crippen molar-refractivity contribution in [3.63, 3.8) is 0 Å². The van der Waals surface area contributed by atoms with Crippen molar-refractivity contribution in [1.29, 1.82) is 0 Å². The van der Waals surface area contributed by atoms with E-state index < -0.39 is 0 Å². The first-order valence-electron chi connectivity index (χ1n) is 12.6. The minimum Gasteiger partial charge on any atom is -0.497 e. The van der Waals surface area contributed by atoms with Gasteiger partial charge in [-0.2, -0.15) is 4.68 Å². The molecule has 2 aromatic carbocycles. The monoisotopic (exact) mass is 515 g/mol. The van der Waals surface area contributed by atoms with Gasteiger partial charge in [-0.1, -0.05) is 17.3 Å². The number of rotatable bonds is 6. The Balaban J connectivity index is 1.10. The van der Waals surface area contributed by atoms with Gasteiger partial charge >= 0.3 is 0 Å². The van der Waals surface area contributed by atoms with E-state index in [2.05, 4.69) is 25.2 Å². The van der Waals surface area contributed by atoms with Crippen LogP contribution in [-0.2, 0) is 11.2 Å². The minimum absolute atomic E-state index is 0.0336. The Labute approximate surface area is 219 Å². The van der Waals surface area contributed by atoms with E-state index in [9.17, 15) is 4.79 Å². The first-order chi connectivity index (χ1) is 18.4. The molecule has 0 spiro atoms. The lowest BCUT2D eigenvalue weighted by molar-refractivity contribution is -0.133. The van der Waals surface area contributed by atoms with Crippen LogP contribution in [-0.4, -0.2) is 81.3 Å². The molecule has 38 heavy (non-hydrogen) atoms. The van der Waals surface area contributed by atoms with Crippen LogP contribution >= 0.6 is 0 Å². The number of amides is 1. The zero-order chi connectivity index (χ0) is 26.3. The van der Waals surface area contributed by atoms with Crippen LogP contribution in [0, 0.1) is 0 Å². The Morgan fingerprint density at radius 2 is 1.84 bits per heavy atom.